The Kier molecular flexibility index (Phi) is 7.20. The second-order valence-corrected chi connectivity index (χ2v) is 8.00. The number of nitrogens with zero attached hydrogens (tertiary/aromatic N) is 2. The monoisotopic (exact) mass is 451 g/mol. The van der Waals surface area contributed by atoms with Gasteiger partial charge in [-0.3, -0.25) is 4.99 Å². The number of hydrogen-bond acceptors (Lipinski definition) is 3. The maximum Gasteiger partial charge on any atom is 0.193 e. The zero-order chi connectivity index (χ0) is 16.4. The average Bonchev–Trinajstić information content (AvgIpc) is 3.01. The number of nitrogens with one attached hydrogen (secondary N) is 1. The predicted octanol–water partition coefficient (Wildman–Crippen LogP) is 2.74. The van der Waals surface area contributed by atoms with Crippen LogP contribution in [0.3, 0.4) is 0 Å². The summed E-state index contributed by atoms with van der Waals surface area (Å²) in [6.45, 7) is 8.46. The van der Waals surface area contributed by atoms with Crippen LogP contribution in [-0.2, 0) is 9.47 Å². The molecule has 3 atom stereocenters. The Hall–Kier alpha value is -0.0800. The molecule has 2 heterocycles. The number of halogens is 1. The quantitative estimate of drug-likeness (QED) is 0.406. The molecule has 6 heteroatoms. The SMILES string of the molecule is CN=C(NC1C2CCOC2C1(C)C)N(C)CCC1CCOCC1.I. The fraction of sp³-hybridized carbons (Fsp3) is 0.944. The van der Waals surface area contributed by atoms with Crippen molar-refractivity contribution in [1.29, 1.82) is 0 Å². The fourth-order valence-electron chi connectivity index (χ4n) is 4.62. The highest BCUT2D eigenvalue weighted by atomic mass is 127. The molecule has 1 N–H and O–H groups in total. The molecule has 3 unspecified atom stereocenters. The Morgan fingerprint density at radius 1 is 1.21 bits per heavy atom. The molecular formula is C18H34IN3O2. The van der Waals surface area contributed by atoms with E-state index in [4.69, 9.17) is 9.47 Å². The van der Waals surface area contributed by atoms with E-state index in [2.05, 4.69) is 36.1 Å². The summed E-state index contributed by atoms with van der Waals surface area (Å²) in [4.78, 5) is 6.81. The van der Waals surface area contributed by atoms with Gasteiger partial charge in [-0.05, 0) is 31.6 Å². The molecule has 0 aromatic rings. The minimum absolute atomic E-state index is 0. The third kappa shape index (κ3) is 4.01. The van der Waals surface area contributed by atoms with Crippen molar-refractivity contribution in [3.8, 4) is 0 Å². The first kappa shape index (κ1) is 20.2. The highest BCUT2D eigenvalue weighted by Gasteiger charge is 2.59. The first-order chi connectivity index (χ1) is 11.0. The molecular weight excluding hydrogens is 417 g/mol. The van der Waals surface area contributed by atoms with E-state index in [1.165, 1.54) is 25.7 Å². The molecule has 0 aromatic carbocycles. The first-order valence-electron chi connectivity index (χ1n) is 9.18. The minimum Gasteiger partial charge on any atom is -0.381 e. The van der Waals surface area contributed by atoms with Gasteiger partial charge in [-0.1, -0.05) is 13.8 Å². The Morgan fingerprint density at radius 2 is 1.92 bits per heavy atom. The van der Waals surface area contributed by atoms with E-state index in [1.54, 1.807) is 0 Å². The Labute approximate surface area is 164 Å². The fourth-order valence-corrected chi connectivity index (χ4v) is 4.62. The third-order valence-corrected chi connectivity index (χ3v) is 6.17. The zero-order valence-corrected chi connectivity index (χ0v) is 17.9. The van der Waals surface area contributed by atoms with Crippen LogP contribution in [0.5, 0.6) is 0 Å². The van der Waals surface area contributed by atoms with Crippen LogP contribution in [-0.4, -0.2) is 63.5 Å². The maximum absolute atomic E-state index is 5.89. The van der Waals surface area contributed by atoms with E-state index in [9.17, 15) is 0 Å². The van der Waals surface area contributed by atoms with Crippen LogP contribution in [0.25, 0.3) is 0 Å². The molecule has 2 aliphatic heterocycles. The van der Waals surface area contributed by atoms with Crippen LogP contribution in [0.2, 0.25) is 0 Å². The summed E-state index contributed by atoms with van der Waals surface area (Å²) in [6, 6.07) is 0.472. The van der Waals surface area contributed by atoms with Crippen molar-refractivity contribution in [2.24, 2.45) is 22.2 Å². The molecule has 0 bridgehead atoms. The van der Waals surface area contributed by atoms with Crippen LogP contribution in [0.15, 0.2) is 4.99 Å². The molecule has 3 rings (SSSR count). The zero-order valence-electron chi connectivity index (χ0n) is 15.6. The number of rotatable bonds is 4. The number of ether oxygens (including phenoxy) is 2. The molecule has 5 nitrogen and oxygen atoms in total. The number of hydrogen-bond donors (Lipinski definition) is 1. The van der Waals surface area contributed by atoms with E-state index in [0.717, 1.165) is 38.2 Å². The van der Waals surface area contributed by atoms with Crippen molar-refractivity contribution in [3.05, 3.63) is 0 Å². The van der Waals surface area contributed by atoms with Crippen molar-refractivity contribution < 1.29 is 9.47 Å². The second-order valence-electron chi connectivity index (χ2n) is 8.00. The van der Waals surface area contributed by atoms with E-state index in [0.29, 0.717) is 18.1 Å². The van der Waals surface area contributed by atoms with E-state index < -0.39 is 0 Å². The lowest BCUT2D eigenvalue weighted by Crippen LogP contribution is -2.68. The van der Waals surface area contributed by atoms with Gasteiger partial charge < -0.3 is 19.7 Å². The van der Waals surface area contributed by atoms with E-state index in [1.807, 2.05) is 7.05 Å². The molecule has 0 spiro atoms. The number of guanidine groups is 1. The summed E-state index contributed by atoms with van der Waals surface area (Å²) in [7, 11) is 4.05. The lowest BCUT2D eigenvalue weighted by molar-refractivity contribution is -0.107. The first-order valence-corrected chi connectivity index (χ1v) is 9.18. The van der Waals surface area contributed by atoms with Crippen molar-refractivity contribution in [3.63, 3.8) is 0 Å². The van der Waals surface area contributed by atoms with Crippen molar-refractivity contribution in [2.75, 3.05) is 40.5 Å². The molecule has 140 valence electrons. The largest absolute Gasteiger partial charge is 0.381 e. The molecule has 24 heavy (non-hydrogen) atoms. The Balaban J connectivity index is 0.00000208. The molecule has 0 radical (unpaired) electrons. The van der Waals surface area contributed by atoms with Gasteiger partial charge in [0.15, 0.2) is 5.96 Å². The van der Waals surface area contributed by atoms with Gasteiger partial charge in [0.05, 0.1) is 6.10 Å². The summed E-state index contributed by atoms with van der Waals surface area (Å²) in [5, 5.41) is 3.72. The standard InChI is InChI=1S/C18H33N3O2.HI/c1-18(2)15(14-8-12-23-16(14)18)20-17(19-3)21(4)9-5-13-6-10-22-11-7-13;/h13-16H,5-12H2,1-4H3,(H,19,20);1H. The summed E-state index contributed by atoms with van der Waals surface area (Å²) >= 11 is 0. The van der Waals surface area contributed by atoms with Crippen LogP contribution in [0, 0.1) is 17.3 Å². The van der Waals surface area contributed by atoms with Gasteiger partial charge in [0.25, 0.3) is 0 Å². The Bertz CT molecular complexity index is 438. The van der Waals surface area contributed by atoms with Crippen molar-refractivity contribution in [1.82, 2.24) is 10.2 Å². The summed E-state index contributed by atoms with van der Waals surface area (Å²) < 4.78 is 11.3. The lowest BCUT2D eigenvalue weighted by atomic mass is 9.57. The molecule has 3 fully saturated rings. The van der Waals surface area contributed by atoms with Gasteiger partial charge in [-0.25, -0.2) is 0 Å². The third-order valence-electron chi connectivity index (χ3n) is 6.17. The second kappa shape index (κ2) is 8.54. The summed E-state index contributed by atoms with van der Waals surface area (Å²) in [5.41, 5.74) is 0.193. The van der Waals surface area contributed by atoms with E-state index in [-0.39, 0.29) is 29.4 Å². The van der Waals surface area contributed by atoms with Gasteiger partial charge in [0.1, 0.15) is 0 Å². The molecule has 0 amide bonds. The average molecular weight is 451 g/mol. The van der Waals surface area contributed by atoms with Crippen molar-refractivity contribution in [2.45, 2.75) is 51.7 Å². The van der Waals surface area contributed by atoms with Gasteiger partial charge in [0, 0.05) is 57.8 Å². The van der Waals surface area contributed by atoms with Gasteiger partial charge in [-0.15, -0.1) is 24.0 Å². The topological polar surface area (TPSA) is 46.1 Å². The Morgan fingerprint density at radius 3 is 2.58 bits per heavy atom. The van der Waals surface area contributed by atoms with Crippen molar-refractivity contribution >= 4 is 29.9 Å². The number of aliphatic imine (C=N–C) groups is 1. The molecule has 2 saturated heterocycles. The molecule has 3 aliphatic rings. The van der Waals surface area contributed by atoms with Crippen LogP contribution in [0.4, 0.5) is 0 Å². The highest BCUT2D eigenvalue weighted by Crippen LogP contribution is 2.52. The summed E-state index contributed by atoms with van der Waals surface area (Å²) in [5.74, 6) is 2.48. The smallest absolute Gasteiger partial charge is 0.193 e. The van der Waals surface area contributed by atoms with Crippen LogP contribution >= 0.6 is 24.0 Å². The molecule has 0 aromatic heterocycles. The van der Waals surface area contributed by atoms with Crippen LogP contribution < -0.4 is 5.32 Å². The predicted molar refractivity (Wildman–Crippen MR) is 108 cm³/mol. The van der Waals surface area contributed by atoms with E-state index >= 15 is 0 Å². The van der Waals surface area contributed by atoms with Gasteiger partial charge in [0.2, 0.25) is 0 Å². The van der Waals surface area contributed by atoms with Gasteiger partial charge in [-0.2, -0.15) is 0 Å². The maximum atomic E-state index is 5.89. The summed E-state index contributed by atoms with van der Waals surface area (Å²) in [6.07, 6.45) is 5.23. The number of fused-ring (bicyclic) bond motifs is 1. The normalized spacial score (nSPS) is 32.5. The van der Waals surface area contributed by atoms with Gasteiger partial charge >= 0.3 is 0 Å². The minimum atomic E-state index is 0. The molecule has 1 saturated carbocycles. The highest BCUT2D eigenvalue weighted by molar-refractivity contribution is 14.0. The van der Waals surface area contributed by atoms with Crippen LogP contribution in [0.1, 0.15) is 39.5 Å². The lowest BCUT2D eigenvalue weighted by Gasteiger charge is -2.55. The molecule has 1 aliphatic carbocycles.